The first-order valence-corrected chi connectivity index (χ1v) is 7.15. The molecule has 2 aromatic rings. The summed E-state index contributed by atoms with van der Waals surface area (Å²) in [5.74, 6) is 0.190. The number of hydrogen-bond acceptors (Lipinski definition) is 1. The van der Waals surface area contributed by atoms with Gasteiger partial charge in [0.25, 0.3) is 5.91 Å². The maximum absolute atomic E-state index is 13.8. The Morgan fingerprint density at radius 1 is 1.20 bits per heavy atom. The summed E-state index contributed by atoms with van der Waals surface area (Å²) in [6.45, 7) is 2.05. The largest absolute Gasteiger partial charge is 0.349 e. The van der Waals surface area contributed by atoms with Crippen molar-refractivity contribution in [2.24, 2.45) is 5.92 Å². The Morgan fingerprint density at radius 2 is 1.90 bits per heavy atom. The van der Waals surface area contributed by atoms with Crippen LogP contribution in [-0.4, -0.2) is 11.9 Å². The second-order valence-electron chi connectivity index (χ2n) is 5.59. The molecule has 3 heteroatoms. The zero-order valence-corrected chi connectivity index (χ0v) is 11.5. The lowest BCUT2D eigenvalue weighted by Crippen LogP contribution is -2.40. The molecular formula is C17H18FNO. The molecule has 0 bridgehead atoms. The maximum Gasteiger partial charge on any atom is 0.252 e. The molecule has 1 N–H and O–H groups in total. The number of carbonyl (C=O) groups is 1. The van der Waals surface area contributed by atoms with Crippen LogP contribution in [-0.2, 0) is 0 Å². The first kappa shape index (κ1) is 13.1. The van der Waals surface area contributed by atoms with Crippen LogP contribution < -0.4 is 5.32 Å². The van der Waals surface area contributed by atoms with Gasteiger partial charge in [-0.25, -0.2) is 4.39 Å². The number of rotatable bonds is 3. The summed E-state index contributed by atoms with van der Waals surface area (Å²) in [6, 6.07) is 10.2. The first-order valence-electron chi connectivity index (χ1n) is 7.15. The third-order valence-corrected chi connectivity index (χ3v) is 4.33. The van der Waals surface area contributed by atoms with Crippen LogP contribution in [0.15, 0.2) is 36.4 Å². The highest BCUT2D eigenvalue weighted by molar-refractivity contribution is 6.07. The molecular weight excluding hydrogens is 253 g/mol. The van der Waals surface area contributed by atoms with Crippen molar-refractivity contribution >= 4 is 16.7 Å². The number of benzene rings is 2. The van der Waals surface area contributed by atoms with Gasteiger partial charge in [0.05, 0.1) is 0 Å². The van der Waals surface area contributed by atoms with Crippen LogP contribution >= 0.6 is 0 Å². The number of nitrogens with one attached hydrogen (secondary N) is 1. The van der Waals surface area contributed by atoms with E-state index in [9.17, 15) is 9.18 Å². The molecule has 1 aliphatic carbocycles. The minimum absolute atomic E-state index is 0.111. The molecule has 1 aliphatic rings. The van der Waals surface area contributed by atoms with Gasteiger partial charge in [-0.3, -0.25) is 4.79 Å². The summed E-state index contributed by atoms with van der Waals surface area (Å²) in [7, 11) is 0. The van der Waals surface area contributed by atoms with Gasteiger partial charge in [0.2, 0.25) is 0 Å². The first-order chi connectivity index (χ1) is 9.66. The zero-order valence-electron chi connectivity index (χ0n) is 11.5. The van der Waals surface area contributed by atoms with E-state index in [1.54, 1.807) is 24.3 Å². The monoisotopic (exact) mass is 271 g/mol. The number of halogens is 1. The van der Waals surface area contributed by atoms with Crippen molar-refractivity contribution in [3.05, 3.63) is 47.8 Å². The SMILES string of the molecule is CC(NC(=O)c1ccc(F)c2ccccc12)C1CCC1. The molecule has 0 aromatic heterocycles. The summed E-state index contributed by atoms with van der Waals surface area (Å²) in [4.78, 5) is 12.4. The molecule has 1 fully saturated rings. The molecule has 0 heterocycles. The van der Waals surface area contributed by atoms with E-state index in [-0.39, 0.29) is 17.8 Å². The minimum atomic E-state index is -0.288. The molecule has 2 nitrogen and oxygen atoms in total. The highest BCUT2D eigenvalue weighted by Crippen LogP contribution is 2.29. The van der Waals surface area contributed by atoms with E-state index in [1.807, 2.05) is 13.0 Å². The average molecular weight is 271 g/mol. The molecule has 3 rings (SSSR count). The smallest absolute Gasteiger partial charge is 0.252 e. The Hall–Kier alpha value is -1.90. The van der Waals surface area contributed by atoms with E-state index in [0.29, 0.717) is 22.3 Å². The van der Waals surface area contributed by atoms with Crippen LogP contribution in [0.3, 0.4) is 0 Å². The van der Waals surface area contributed by atoms with Gasteiger partial charge in [0.1, 0.15) is 5.82 Å². The Balaban J connectivity index is 1.89. The average Bonchev–Trinajstić information content (AvgIpc) is 2.37. The van der Waals surface area contributed by atoms with E-state index < -0.39 is 0 Å². The van der Waals surface area contributed by atoms with Gasteiger partial charge in [-0.2, -0.15) is 0 Å². The molecule has 1 atom stereocenters. The van der Waals surface area contributed by atoms with Crippen molar-refractivity contribution in [1.29, 1.82) is 0 Å². The quantitative estimate of drug-likeness (QED) is 0.901. The van der Waals surface area contributed by atoms with E-state index in [4.69, 9.17) is 0 Å². The molecule has 0 saturated heterocycles. The molecule has 1 amide bonds. The van der Waals surface area contributed by atoms with Crippen molar-refractivity contribution in [2.45, 2.75) is 32.2 Å². The minimum Gasteiger partial charge on any atom is -0.349 e. The lowest BCUT2D eigenvalue weighted by Gasteiger charge is -2.32. The fraction of sp³-hybridized carbons (Fsp3) is 0.353. The van der Waals surface area contributed by atoms with Crippen LogP contribution in [0, 0.1) is 11.7 Å². The molecule has 1 saturated carbocycles. The van der Waals surface area contributed by atoms with Gasteiger partial charge in [-0.15, -0.1) is 0 Å². The highest BCUT2D eigenvalue weighted by atomic mass is 19.1. The summed E-state index contributed by atoms with van der Waals surface area (Å²) in [5, 5.41) is 4.22. The van der Waals surface area contributed by atoms with Crippen LogP contribution in [0.1, 0.15) is 36.5 Å². The molecule has 20 heavy (non-hydrogen) atoms. The topological polar surface area (TPSA) is 29.1 Å². The van der Waals surface area contributed by atoms with Crippen LogP contribution in [0.25, 0.3) is 10.8 Å². The van der Waals surface area contributed by atoms with E-state index >= 15 is 0 Å². The van der Waals surface area contributed by atoms with Gasteiger partial charge >= 0.3 is 0 Å². The summed E-state index contributed by atoms with van der Waals surface area (Å²) >= 11 is 0. The molecule has 0 aliphatic heterocycles. The molecule has 1 unspecified atom stereocenters. The van der Waals surface area contributed by atoms with E-state index in [1.165, 1.54) is 25.3 Å². The van der Waals surface area contributed by atoms with Crippen LogP contribution in [0.4, 0.5) is 4.39 Å². The van der Waals surface area contributed by atoms with Crippen molar-refractivity contribution in [1.82, 2.24) is 5.32 Å². The van der Waals surface area contributed by atoms with Gasteiger partial charge in [-0.1, -0.05) is 30.7 Å². The normalized spacial score (nSPS) is 16.7. The van der Waals surface area contributed by atoms with Crippen LogP contribution in [0.5, 0.6) is 0 Å². The molecule has 0 spiro atoms. The Morgan fingerprint density at radius 3 is 2.55 bits per heavy atom. The number of hydrogen-bond donors (Lipinski definition) is 1. The van der Waals surface area contributed by atoms with Crippen molar-refractivity contribution < 1.29 is 9.18 Å². The van der Waals surface area contributed by atoms with Crippen molar-refractivity contribution in [2.75, 3.05) is 0 Å². The Labute approximate surface area is 118 Å². The maximum atomic E-state index is 13.8. The van der Waals surface area contributed by atoms with Gasteiger partial charge < -0.3 is 5.32 Å². The fourth-order valence-electron chi connectivity index (χ4n) is 2.80. The summed E-state index contributed by atoms with van der Waals surface area (Å²) < 4.78 is 13.8. The second-order valence-corrected chi connectivity index (χ2v) is 5.59. The van der Waals surface area contributed by atoms with E-state index in [0.717, 1.165) is 0 Å². The zero-order chi connectivity index (χ0) is 14.1. The second kappa shape index (κ2) is 5.23. The third kappa shape index (κ3) is 2.28. The van der Waals surface area contributed by atoms with Crippen molar-refractivity contribution in [3.8, 4) is 0 Å². The predicted molar refractivity (Wildman–Crippen MR) is 78.2 cm³/mol. The van der Waals surface area contributed by atoms with Gasteiger partial charge in [-0.05, 0) is 43.2 Å². The predicted octanol–water partition coefficient (Wildman–Crippen LogP) is 3.90. The lowest BCUT2D eigenvalue weighted by atomic mass is 9.80. The summed E-state index contributed by atoms with van der Waals surface area (Å²) in [6.07, 6.45) is 3.63. The molecule has 2 aromatic carbocycles. The third-order valence-electron chi connectivity index (χ3n) is 4.33. The Kier molecular flexibility index (Phi) is 3.43. The van der Waals surface area contributed by atoms with Crippen molar-refractivity contribution in [3.63, 3.8) is 0 Å². The molecule has 0 radical (unpaired) electrons. The number of fused-ring (bicyclic) bond motifs is 1. The fourth-order valence-corrected chi connectivity index (χ4v) is 2.80. The lowest BCUT2D eigenvalue weighted by molar-refractivity contribution is 0.0911. The van der Waals surface area contributed by atoms with Gasteiger partial charge in [0, 0.05) is 17.0 Å². The molecule has 104 valence electrons. The van der Waals surface area contributed by atoms with Crippen LogP contribution in [0.2, 0.25) is 0 Å². The summed E-state index contributed by atoms with van der Waals surface area (Å²) in [5.41, 5.74) is 0.549. The Bertz CT molecular complexity index is 648. The van der Waals surface area contributed by atoms with Gasteiger partial charge in [0.15, 0.2) is 0 Å². The standard InChI is InChI=1S/C17H18FNO/c1-11(12-5-4-6-12)19-17(20)15-9-10-16(18)14-8-3-2-7-13(14)15/h2-3,7-12H,4-6H2,1H3,(H,19,20). The number of carbonyl (C=O) groups excluding carboxylic acids is 1. The number of amides is 1. The van der Waals surface area contributed by atoms with E-state index in [2.05, 4.69) is 5.32 Å². The highest BCUT2D eigenvalue weighted by Gasteiger charge is 2.25.